The summed E-state index contributed by atoms with van der Waals surface area (Å²) in [6.07, 6.45) is 1.60. The van der Waals surface area contributed by atoms with Crippen molar-refractivity contribution in [3.8, 4) is 0 Å². The van der Waals surface area contributed by atoms with E-state index in [1.165, 1.54) is 6.07 Å². The fourth-order valence-corrected chi connectivity index (χ4v) is 2.23. The topological polar surface area (TPSA) is 98.2 Å². The van der Waals surface area contributed by atoms with E-state index < -0.39 is 10.0 Å². The Hall–Kier alpha value is -1.86. The number of aromatic nitrogens is 1. The Morgan fingerprint density at radius 2 is 2.11 bits per heavy atom. The number of anilines is 1. The van der Waals surface area contributed by atoms with E-state index >= 15 is 0 Å². The van der Waals surface area contributed by atoms with Crippen LogP contribution < -0.4 is 10.5 Å². The molecule has 1 aromatic carbocycles. The molecule has 0 unspecified atom stereocenters. The SMILES string of the molecule is Cc1cnc(CNc2ccccc2S(N)(=O)=O)o1. The van der Waals surface area contributed by atoms with Gasteiger partial charge in [-0.2, -0.15) is 0 Å². The van der Waals surface area contributed by atoms with E-state index in [0.29, 0.717) is 23.9 Å². The van der Waals surface area contributed by atoms with Gasteiger partial charge in [-0.25, -0.2) is 18.5 Å². The molecule has 0 aliphatic carbocycles. The molecular weight excluding hydrogens is 254 g/mol. The number of oxazole rings is 1. The molecule has 1 heterocycles. The predicted octanol–water partition coefficient (Wildman–Crippen LogP) is 1.24. The van der Waals surface area contributed by atoms with Crippen molar-refractivity contribution in [2.24, 2.45) is 5.14 Å². The number of nitrogens with two attached hydrogens (primary N) is 1. The molecule has 0 amide bonds. The van der Waals surface area contributed by atoms with Gasteiger partial charge in [-0.05, 0) is 19.1 Å². The van der Waals surface area contributed by atoms with Crippen LogP contribution >= 0.6 is 0 Å². The Bertz CT molecular complexity index is 649. The van der Waals surface area contributed by atoms with Crippen LogP contribution in [0.15, 0.2) is 39.8 Å². The summed E-state index contributed by atoms with van der Waals surface area (Å²) >= 11 is 0. The molecular formula is C11H13N3O3S. The highest BCUT2D eigenvalue weighted by Crippen LogP contribution is 2.19. The quantitative estimate of drug-likeness (QED) is 0.868. The number of benzene rings is 1. The highest BCUT2D eigenvalue weighted by atomic mass is 32.2. The molecule has 0 aliphatic rings. The van der Waals surface area contributed by atoms with Gasteiger partial charge in [-0.3, -0.25) is 0 Å². The molecule has 2 aromatic rings. The molecule has 0 fully saturated rings. The van der Waals surface area contributed by atoms with Gasteiger partial charge in [-0.15, -0.1) is 0 Å². The Morgan fingerprint density at radius 3 is 2.72 bits per heavy atom. The third-order valence-corrected chi connectivity index (χ3v) is 3.26. The molecule has 18 heavy (non-hydrogen) atoms. The number of primary sulfonamides is 1. The van der Waals surface area contributed by atoms with Crippen LogP contribution in [-0.2, 0) is 16.6 Å². The molecule has 0 saturated heterocycles. The van der Waals surface area contributed by atoms with Gasteiger partial charge in [0.25, 0.3) is 0 Å². The van der Waals surface area contributed by atoms with Crippen LogP contribution in [0.4, 0.5) is 5.69 Å². The van der Waals surface area contributed by atoms with Crippen molar-refractivity contribution in [2.45, 2.75) is 18.4 Å². The maximum absolute atomic E-state index is 11.4. The van der Waals surface area contributed by atoms with Gasteiger partial charge in [-0.1, -0.05) is 12.1 Å². The molecule has 6 nitrogen and oxygen atoms in total. The smallest absolute Gasteiger partial charge is 0.240 e. The van der Waals surface area contributed by atoms with E-state index in [0.717, 1.165) is 0 Å². The first-order valence-electron chi connectivity index (χ1n) is 5.24. The zero-order chi connectivity index (χ0) is 13.2. The van der Waals surface area contributed by atoms with Gasteiger partial charge in [0.15, 0.2) is 0 Å². The lowest BCUT2D eigenvalue weighted by Crippen LogP contribution is -2.15. The number of nitrogens with one attached hydrogen (secondary N) is 1. The summed E-state index contributed by atoms with van der Waals surface area (Å²) in [5.74, 6) is 1.18. The molecule has 96 valence electrons. The van der Waals surface area contributed by atoms with Crippen molar-refractivity contribution in [1.29, 1.82) is 0 Å². The number of hydrogen-bond acceptors (Lipinski definition) is 5. The van der Waals surface area contributed by atoms with E-state index in [2.05, 4.69) is 10.3 Å². The lowest BCUT2D eigenvalue weighted by molar-refractivity contribution is 0.479. The average molecular weight is 267 g/mol. The van der Waals surface area contributed by atoms with Crippen molar-refractivity contribution in [2.75, 3.05) is 5.32 Å². The summed E-state index contributed by atoms with van der Waals surface area (Å²) in [6.45, 7) is 2.08. The fourth-order valence-electron chi connectivity index (χ4n) is 1.51. The van der Waals surface area contributed by atoms with E-state index in [1.54, 1.807) is 31.3 Å². The predicted molar refractivity (Wildman–Crippen MR) is 66.4 cm³/mol. The molecule has 0 atom stereocenters. The summed E-state index contributed by atoms with van der Waals surface area (Å²) in [6, 6.07) is 6.41. The first-order valence-corrected chi connectivity index (χ1v) is 6.78. The van der Waals surface area contributed by atoms with Crippen LogP contribution in [0, 0.1) is 6.92 Å². The summed E-state index contributed by atoms with van der Waals surface area (Å²) in [5, 5.41) is 8.06. The second-order valence-electron chi connectivity index (χ2n) is 3.76. The normalized spacial score (nSPS) is 11.4. The zero-order valence-electron chi connectivity index (χ0n) is 9.75. The van der Waals surface area contributed by atoms with Crippen LogP contribution in [0.1, 0.15) is 11.7 Å². The Morgan fingerprint density at radius 1 is 1.39 bits per heavy atom. The Kier molecular flexibility index (Phi) is 3.35. The van der Waals surface area contributed by atoms with Crippen LogP contribution in [0.3, 0.4) is 0 Å². The van der Waals surface area contributed by atoms with Crippen molar-refractivity contribution < 1.29 is 12.8 Å². The van der Waals surface area contributed by atoms with Gasteiger partial charge in [0.1, 0.15) is 10.7 Å². The van der Waals surface area contributed by atoms with Crippen LogP contribution in [0.25, 0.3) is 0 Å². The van der Waals surface area contributed by atoms with Crippen molar-refractivity contribution in [3.05, 3.63) is 42.1 Å². The van der Waals surface area contributed by atoms with E-state index in [4.69, 9.17) is 9.56 Å². The lowest BCUT2D eigenvalue weighted by Gasteiger charge is -2.08. The molecule has 0 saturated carbocycles. The van der Waals surface area contributed by atoms with Gasteiger partial charge in [0, 0.05) is 0 Å². The molecule has 0 bridgehead atoms. The molecule has 1 aromatic heterocycles. The highest BCUT2D eigenvalue weighted by Gasteiger charge is 2.13. The fraction of sp³-hybridized carbons (Fsp3) is 0.182. The summed E-state index contributed by atoms with van der Waals surface area (Å²) in [4.78, 5) is 4.06. The van der Waals surface area contributed by atoms with Gasteiger partial charge < -0.3 is 9.73 Å². The first-order chi connectivity index (χ1) is 8.47. The first kappa shape index (κ1) is 12.6. The number of aryl methyl sites for hydroxylation is 1. The third-order valence-electron chi connectivity index (χ3n) is 2.29. The standard InChI is InChI=1S/C11H13N3O3S/c1-8-6-14-11(17-8)7-13-9-4-2-3-5-10(9)18(12,15)16/h2-6,13H,7H2,1H3,(H2,12,15,16). The Balaban J connectivity index is 2.20. The zero-order valence-corrected chi connectivity index (χ0v) is 10.6. The van der Waals surface area contributed by atoms with Gasteiger partial charge >= 0.3 is 0 Å². The summed E-state index contributed by atoms with van der Waals surface area (Å²) < 4.78 is 28.0. The van der Waals surface area contributed by atoms with Crippen molar-refractivity contribution >= 4 is 15.7 Å². The van der Waals surface area contributed by atoms with Crippen LogP contribution in [0.5, 0.6) is 0 Å². The van der Waals surface area contributed by atoms with Crippen LogP contribution in [0.2, 0.25) is 0 Å². The minimum atomic E-state index is -3.75. The monoisotopic (exact) mass is 267 g/mol. The number of nitrogens with zero attached hydrogens (tertiary/aromatic N) is 1. The van der Waals surface area contributed by atoms with Gasteiger partial charge in [0.2, 0.25) is 15.9 Å². The maximum atomic E-state index is 11.4. The average Bonchev–Trinajstić information content (AvgIpc) is 2.72. The molecule has 3 N–H and O–H groups in total. The third kappa shape index (κ3) is 2.88. The molecule has 0 radical (unpaired) electrons. The minimum Gasteiger partial charge on any atom is -0.444 e. The molecule has 7 heteroatoms. The minimum absolute atomic E-state index is 0.0493. The highest BCUT2D eigenvalue weighted by molar-refractivity contribution is 7.89. The number of sulfonamides is 1. The summed E-state index contributed by atoms with van der Waals surface area (Å²) in [7, 11) is -3.75. The number of rotatable bonds is 4. The van der Waals surface area contributed by atoms with E-state index in [-0.39, 0.29) is 4.90 Å². The summed E-state index contributed by atoms with van der Waals surface area (Å²) in [5.41, 5.74) is 0.427. The van der Waals surface area contributed by atoms with Gasteiger partial charge in [0.05, 0.1) is 18.4 Å². The number of hydrogen-bond donors (Lipinski definition) is 2. The second kappa shape index (κ2) is 4.79. The maximum Gasteiger partial charge on any atom is 0.240 e. The molecule has 0 spiro atoms. The largest absolute Gasteiger partial charge is 0.444 e. The number of para-hydroxylation sites is 1. The lowest BCUT2D eigenvalue weighted by atomic mass is 10.3. The van der Waals surface area contributed by atoms with Crippen molar-refractivity contribution in [3.63, 3.8) is 0 Å². The van der Waals surface area contributed by atoms with E-state index in [9.17, 15) is 8.42 Å². The Labute approximate surface area is 105 Å². The molecule has 2 rings (SSSR count). The second-order valence-corrected chi connectivity index (χ2v) is 5.29. The molecule has 0 aliphatic heterocycles. The van der Waals surface area contributed by atoms with Crippen LogP contribution in [-0.4, -0.2) is 13.4 Å². The van der Waals surface area contributed by atoms with E-state index in [1.807, 2.05) is 0 Å². The van der Waals surface area contributed by atoms with Crippen molar-refractivity contribution in [1.82, 2.24) is 4.98 Å².